The van der Waals surface area contributed by atoms with Crippen molar-refractivity contribution in [2.45, 2.75) is 26.3 Å². The topological polar surface area (TPSA) is 92.8 Å². The molecule has 0 aliphatic carbocycles. The first kappa shape index (κ1) is 19.3. The number of aryl methyl sites for hydroxylation is 1. The van der Waals surface area contributed by atoms with E-state index in [2.05, 4.69) is 5.32 Å². The van der Waals surface area contributed by atoms with Crippen LogP contribution in [0.15, 0.2) is 48.5 Å². The van der Waals surface area contributed by atoms with Crippen LogP contribution in [0.1, 0.15) is 40.1 Å². The van der Waals surface area contributed by atoms with E-state index in [-0.39, 0.29) is 11.1 Å². The summed E-state index contributed by atoms with van der Waals surface area (Å²) in [4.78, 5) is 50.1. The van der Waals surface area contributed by atoms with Gasteiger partial charge in [-0.25, -0.2) is 4.79 Å². The van der Waals surface area contributed by atoms with Crippen molar-refractivity contribution >= 4 is 29.4 Å². The number of hydrogen-bond acceptors (Lipinski definition) is 5. The third-order valence-electron chi connectivity index (χ3n) is 4.57. The fourth-order valence-corrected chi connectivity index (χ4v) is 3.06. The average Bonchev–Trinajstić information content (AvgIpc) is 2.96. The summed E-state index contributed by atoms with van der Waals surface area (Å²) in [6.45, 7) is 2.85. The van der Waals surface area contributed by atoms with Crippen LogP contribution in [-0.2, 0) is 20.7 Å². The number of anilines is 1. The lowest BCUT2D eigenvalue weighted by Gasteiger charge is -2.20. The first-order valence-electron chi connectivity index (χ1n) is 8.95. The highest BCUT2D eigenvalue weighted by atomic mass is 16.5. The molecule has 1 unspecified atom stereocenters. The van der Waals surface area contributed by atoms with Crippen LogP contribution in [0.25, 0.3) is 0 Å². The molecule has 144 valence electrons. The minimum absolute atomic E-state index is 0.251. The van der Waals surface area contributed by atoms with E-state index in [0.29, 0.717) is 5.69 Å². The predicted octanol–water partition coefficient (Wildman–Crippen LogP) is 2.42. The van der Waals surface area contributed by atoms with Gasteiger partial charge in [0.15, 0.2) is 6.61 Å². The number of amides is 3. The summed E-state index contributed by atoms with van der Waals surface area (Å²) in [5.41, 5.74) is 2.11. The molecule has 7 heteroatoms. The van der Waals surface area contributed by atoms with Gasteiger partial charge in [0, 0.05) is 5.69 Å². The van der Waals surface area contributed by atoms with Crippen molar-refractivity contribution in [1.29, 1.82) is 0 Å². The molecule has 0 bridgehead atoms. The normalized spacial score (nSPS) is 13.9. The number of fused-ring (bicyclic) bond motifs is 1. The summed E-state index contributed by atoms with van der Waals surface area (Å²) in [6, 6.07) is 12.6. The Morgan fingerprint density at radius 2 is 1.57 bits per heavy atom. The summed E-state index contributed by atoms with van der Waals surface area (Å²) in [5.74, 6) is -2.42. The van der Waals surface area contributed by atoms with Crippen molar-refractivity contribution in [3.8, 4) is 0 Å². The lowest BCUT2D eigenvalue weighted by molar-refractivity contribution is -0.150. The molecule has 1 aliphatic rings. The maximum atomic E-state index is 12.4. The van der Waals surface area contributed by atoms with Crippen LogP contribution in [0.2, 0.25) is 0 Å². The molecule has 3 rings (SSSR count). The smallest absolute Gasteiger partial charge is 0.329 e. The molecular weight excluding hydrogens is 360 g/mol. The number of esters is 1. The Kier molecular flexibility index (Phi) is 5.54. The van der Waals surface area contributed by atoms with Crippen LogP contribution in [0, 0.1) is 0 Å². The Labute approximate surface area is 162 Å². The SMILES string of the molecule is CCc1ccccc1NC(=O)COC(=O)C(C)N1C(=O)c2ccccc2C1=O. The van der Waals surface area contributed by atoms with E-state index in [1.807, 2.05) is 19.1 Å². The van der Waals surface area contributed by atoms with E-state index in [0.717, 1.165) is 16.9 Å². The minimum atomic E-state index is -1.14. The number of carbonyl (C=O) groups excluding carboxylic acids is 4. The fourth-order valence-electron chi connectivity index (χ4n) is 3.06. The molecule has 0 aromatic heterocycles. The molecule has 1 atom stereocenters. The second-order valence-corrected chi connectivity index (χ2v) is 6.37. The fraction of sp³-hybridized carbons (Fsp3) is 0.238. The molecule has 2 aromatic rings. The van der Waals surface area contributed by atoms with Crippen molar-refractivity contribution in [1.82, 2.24) is 4.90 Å². The van der Waals surface area contributed by atoms with Gasteiger partial charge < -0.3 is 10.1 Å². The highest BCUT2D eigenvalue weighted by molar-refractivity contribution is 6.22. The van der Waals surface area contributed by atoms with Gasteiger partial charge in [-0.05, 0) is 37.1 Å². The van der Waals surface area contributed by atoms with Gasteiger partial charge in [0.25, 0.3) is 17.7 Å². The second-order valence-electron chi connectivity index (χ2n) is 6.37. The highest BCUT2D eigenvalue weighted by Crippen LogP contribution is 2.24. The number of hydrogen-bond donors (Lipinski definition) is 1. The first-order chi connectivity index (χ1) is 13.4. The van der Waals surface area contributed by atoms with Gasteiger partial charge in [-0.3, -0.25) is 19.3 Å². The van der Waals surface area contributed by atoms with Crippen LogP contribution >= 0.6 is 0 Å². The molecule has 28 heavy (non-hydrogen) atoms. The van der Waals surface area contributed by atoms with E-state index in [4.69, 9.17) is 4.74 Å². The molecule has 0 fully saturated rings. The zero-order valence-corrected chi connectivity index (χ0v) is 15.6. The summed E-state index contributed by atoms with van der Waals surface area (Å²) in [6.07, 6.45) is 0.743. The van der Waals surface area contributed by atoms with Crippen molar-refractivity contribution in [3.63, 3.8) is 0 Å². The summed E-state index contributed by atoms with van der Waals surface area (Å²) >= 11 is 0. The van der Waals surface area contributed by atoms with E-state index < -0.39 is 36.3 Å². The molecule has 0 saturated heterocycles. The van der Waals surface area contributed by atoms with Gasteiger partial charge in [0.05, 0.1) is 11.1 Å². The van der Waals surface area contributed by atoms with Gasteiger partial charge in [-0.15, -0.1) is 0 Å². The Balaban J connectivity index is 1.60. The standard InChI is InChI=1S/C21H20N2O5/c1-3-14-8-4-7-11-17(14)22-18(24)12-28-21(27)13(2)23-19(25)15-9-5-6-10-16(15)20(23)26/h4-11,13H,3,12H2,1-2H3,(H,22,24). The molecule has 1 heterocycles. The second kappa shape index (κ2) is 8.04. The molecule has 0 radical (unpaired) electrons. The largest absolute Gasteiger partial charge is 0.454 e. The number of benzene rings is 2. The third kappa shape index (κ3) is 3.64. The quantitative estimate of drug-likeness (QED) is 0.614. The zero-order chi connectivity index (χ0) is 20.3. The number of ether oxygens (including phenoxy) is 1. The molecule has 0 saturated carbocycles. The lowest BCUT2D eigenvalue weighted by Crippen LogP contribution is -2.44. The lowest BCUT2D eigenvalue weighted by atomic mass is 10.1. The van der Waals surface area contributed by atoms with Gasteiger partial charge in [0.2, 0.25) is 0 Å². The van der Waals surface area contributed by atoms with Crippen LogP contribution < -0.4 is 5.32 Å². The van der Waals surface area contributed by atoms with E-state index in [1.54, 1.807) is 24.3 Å². The predicted molar refractivity (Wildman–Crippen MR) is 102 cm³/mol. The molecule has 0 spiro atoms. The van der Waals surface area contributed by atoms with Gasteiger partial charge in [-0.1, -0.05) is 37.3 Å². The van der Waals surface area contributed by atoms with Gasteiger partial charge in [0.1, 0.15) is 6.04 Å². The maximum absolute atomic E-state index is 12.4. The van der Waals surface area contributed by atoms with E-state index in [1.165, 1.54) is 19.1 Å². The van der Waals surface area contributed by atoms with E-state index in [9.17, 15) is 19.2 Å². The zero-order valence-electron chi connectivity index (χ0n) is 15.6. The number of nitrogens with one attached hydrogen (secondary N) is 1. The first-order valence-corrected chi connectivity index (χ1v) is 8.95. The molecule has 2 aromatic carbocycles. The van der Waals surface area contributed by atoms with Crippen molar-refractivity contribution in [2.75, 3.05) is 11.9 Å². The molecule has 7 nitrogen and oxygen atoms in total. The summed E-state index contributed by atoms with van der Waals surface area (Å²) in [7, 11) is 0. The van der Waals surface area contributed by atoms with Gasteiger partial charge >= 0.3 is 5.97 Å². The number of para-hydroxylation sites is 1. The number of nitrogens with zero attached hydrogens (tertiary/aromatic N) is 1. The molecule has 1 N–H and O–H groups in total. The van der Waals surface area contributed by atoms with Crippen molar-refractivity contribution in [2.24, 2.45) is 0 Å². The molecule has 1 aliphatic heterocycles. The summed E-state index contributed by atoms with van der Waals surface area (Å²) in [5, 5.41) is 2.69. The maximum Gasteiger partial charge on any atom is 0.329 e. The average molecular weight is 380 g/mol. The Bertz CT molecular complexity index is 918. The van der Waals surface area contributed by atoms with Crippen molar-refractivity contribution in [3.05, 3.63) is 65.2 Å². The Hall–Kier alpha value is -3.48. The summed E-state index contributed by atoms with van der Waals surface area (Å²) < 4.78 is 5.02. The monoisotopic (exact) mass is 380 g/mol. The van der Waals surface area contributed by atoms with Crippen LogP contribution in [0.3, 0.4) is 0 Å². The number of carbonyl (C=O) groups is 4. The Morgan fingerprint density at radius 3 is 2.18 bits per heavy atom. The third-order valence-corrected chi connectivity index (χ3v) is 4.57. The molecule has 3 amide bonds. The van der Waals surface area contributed by atoms with E-state index >= 15 is 0 Å². The number of rotatable bonds is 6. The highest BCUT2D eigenvalue weighted by Gasteiger charge is 2.41. The Morgan fingerprint density at radius 1 is 1.00 bits per heavy atom. The minimum Gasteiger partial charge on any atom is -0.454 e. The number of imide groups is 1. The van der Waals surface area contributed by atoms with Crippen molar-refractivity contribution < 1.29 is 23.9 Å². The van der Waals surface area contributed by atoms with Crippen LogP contribution in [-0.4, -0.2) is 41.2 Å². The van der Waals surface area contributed by atoms with Crippen LogP contribution in [0.5, 0.6) is 0 Å². The molecular formula is C21H20N2O5. The van der Waals surface area contributed by atoms with Gasteiger partial charge in [-0.2, -0.15) is 0 Å². The van der Waals surface area contributed by atoms with Crippen LogP contribution in [0.4, 0.5) is 5.69 Å².